The fraction of sp³-hybridized carbons (Fsp3) is 0.900. The molecule has 0 saturated heterocycles. The molecule has 14 heavy (non-hydrogen) atoms. The number of ether oxygens (including phenoxy) is 2. The van der Waals surface area contributed by atoms with Crippen molar-refractivity contribution in [3.05, 3.63) is 0 Å². The third-order valence-electron chi connectivity index (χ3n) is 2.16. The molecular weight excluding hydrogens is 184 g/mol. The standard InChI is InChI=1S/C10H20O4/c1-4-8(5-2)7-14-10(9(11)12)13-6-3/h8,10H,4-7H2,1-3H3,(H,11,12). The van der Waals surface area contributed by atoms with Crippen molar-refractivity contribution in [1.29, 1.82) is 0 Å². The van der Waals surface area contributed by atoms with Crippen molar-refractivity contribution in [3.63, 3.8) is 0 Å². The average Bonchev–Trinajstić information content (AvgIpc) is 2.17. The molecular formula is C10H20O4. The van der Waals surface area contributed by atoms with E-state index in [-0.39, 0.29) is 0 Å². The van der Waals surface area contributed by atoms with E-state index in [1.54, 1.807) is 6.92 Å². The topological polar surface area (TPSA) is 55.8 Å². The Morgan fingerprint density at radius 2 is 1.79 bits per heavy atom. The molecule has 0 aromatic heterocycles. The van der Waals surface area contributed by atoms with E-state index in [1.807, 2.05) is 0 Å². The van der Waals surface area contributed by atoms with E-state index in [1.165, 1.54) is 0 Å². The summed E-state index contributed by atoms with van der Waals surface area (Å²) < 4.78 is 10.1. The third-order valence-corrected chi connectivity index (χ3v) is 2.16. The fourth-order valence-corrected chi connectivity index (χ4v) is 1.09. The van der Waals surface area contributed by atoms with E-state index in [2.05, 4.69) is 13.8 Å². The number of carbonyl (C=O) groups is 1. The van der Waals surface area contributed by atoms with Crippen LogP contribution >= 0.6 is 0 Å². The van der Waals surface area contributed by atoms with Gasteiger partial charge in [0, 0.05) is 6.61 Å². The maximum atomic E-state index is 10.6. The van der Waals surface area contributed by atoms with Crippen molar-refractivity contribution in [3.8, 4) is 0 Å². The molecule has 0 aromatic carbocycles. The normalized spacial score (nSPS) is 13.1. The van der Waals surface area contributed by atoms with Crippen LogP contribution in [-0.2, 0) is 14.3 Å². The second-order valence-corrected chi connectivity index (χ2v) is 3.14. The molecule has 0 spiro atoms. The highest BCUT2D eigenvalue weighted by Crippen LogP contribution is 2.09. The van der Waals surface area contributed by atoms with E-state index in [0.717, 1.165) is 12.8 Å². The van der Waals surface area contributed by atoms with E-state index in [0.29, 0.717) is 19.1 Å². The zero-order valence-corrected chi connectivity index (χ0v) is 9.16. The SMILES string of the molecule is CCOC(OCC(CC)CC)C(=O)O. The van der Waals surface area contributed by atoms with Crippen LogP contribution in [0.3, 0.4) is 0 Å². The van der Waals surface area contributed by atoms with Crippen LogP contribution in [0.25, 0.3) is 0 Å². The van der Waals surface area contributed by atoms with E-state index in [4.69, 9.17) is 14.6 Å². The van der Waals surface area contributed by atoms with Gasteiger partial charge in [-0.2, -0.15) is 0 Å². The first-order valence-electron chi connectivity index (χ1n) is 5.11. The predicted octanol–water partition coefficient (Wildman–Crippen LogP) is 1.89. The number of hydrogen-bond acceptors (Lipinski definition) is 3. The first-order chi connectivity index (χ1) is 6.65. The summed E-state index contributed by atoms with van der Waals surface area (Å²) in [7, 11) is 0. The van der Waals surface area contributed by atoms with Crippen LogP contribution in [-0.4, -0.2) is 30.6 Å². The Bertz CT molecular complexity index is 154. The van der Waals surface area contributed by atoms with Gasteiger partial charge in [-0.1, -0.05) is 26.7 Å². The summed E-state index contributed by atoms with van der Waals surface area (Å²) in [6.07, 6.45) is 0.879. The average molecular weight is 204 g/mol. The molecule has 0 radical (unpaired) electrons. The van der Waals surface area contributed by atoms with Gasteiger partial charge in [-0.3, -0.25) is 0 Å². The lowest BCUT2D eigenvalue weighted by Gasteiger charge is -2.17. The van der Waals surface area contributed by atoms with E-state index >= 15 is 0 Å². The second kappa shape index (κ2) is 7.76. The Morgan fingerprint density at radius 3 is 2.14 bits per heavy atom. The van der Waals surface area contributed by atoms with Gasteiger partial charge >= 0.3 is 5.97 Å². The molecule has 1 atom stereocenters. The van der Waals surface area contributed by atoms with E-state index in [9.17, 15) is 4.79 Å². The molecule has 0 heterocycles. The fourth-order valence-electron chi connectivity index (χ4n) is 1.09. The van der Waals surface area contributed by atoms with Crippen molar-refractivity contribution >= 4 is 5.97 Å². The number of carboxylic acids is 1. The molecule has 4 nitrogen and oxygen atoms in total. The molecule has 4 heteroatoms. The van der Waals surface area contributed by atoms with Gasteiger partial charge in [-0.05, 0) is 12.8 Å². The largest absolute Gasteiger partial charge is 0.477 e. The Hall–Kier alpha value is -0.610. The number of rotatable bonds is 8. The summed E-state index contributed by atoms with van der Waals surface area (Å²) in [5.41, 5.74) is 0. The Labute approximate surface area is 85.2 Å². The highest BCUT2D eigenvalue weighted by Gasteiger charge is 2.19. The Balaban J connectivity index is 3.85. The molecule has 0 aliphatic rings. The number of carboxylic acid groups (broad SMARTS) is 1. The van der Waals surface area contributed by atoms with Crippen LogP contribution in [0.2, 0.25) is 0 Å². The highest BCUT2D eigenvalue weighted by molar-refractivity contribution is 5.70. The van der Waals surface area contributed by atoms with Crippen molar-refractivity contribution in [2.24, 2.45) is 5.92 Å². The summed E-state index contributed by atoms with van der Waals surface area (Å²) in [5, 5.41) is 8.71. The van der Waals surface area contributed by atoms with Gasteiger partial charge < -0.3 is 14.6 Å². The minimum Gasteiger partial charge on any atom is -0.477 e. The smallest absolute Gasteiger partial charge is 0.361 e. The molecule has 0 bridgehead atoms. The van der Waals surface area contributed by atoms with Crippen molar-refractivity contribution in [2.45, 2.75) is 39.9 Å². The summed E-state index contributed by atoms with van der Waals surface area (Å²) in [4.78, 5) is 10.6. The highest BCUT2D eigenvalue weighted by atomic mass is 16.7. The van der Waals surface area contributed by atoms with Gasteiger partial charge in [0.05, 0.1) is 6.61 Å². The number of aliphatic carboxylic acids is 1. The first kappa shape index (κ1) is 13.4. The molecule has 84 valence electrons. The lowest BCUT2D eigenvalue weighted by molar-refractivity contribution is -0.191. The van der Waals surface area contributed by atoms with Crippen LogP contribution in [0.4, 0.5) is 0 Å². The van der Waals surface area contributed by atoms with Crippen LogP contribution in [0.15, 0.2) is 0 Å². The van der Waals surface area contributed by atoms with Gasteiger partial charge in [-0.15, -0.1) is 0 Å². The molecule has 0 aromatic rings. The van der Waals surface area contributed by atoms with Crippen LogP contribution in [0.1, 0.15) is 33.6 Å². The molecule has 0 aliphatic heterocycles. The van der Waals surface area contributed by atoms with Crippen LogP contribution in [0, 0.1) is 5.92 Å². The summed E-state index contributed by atoms with van der Waals surface area (Å²) in [5.74, 6) is -0.643. The third kappa shape index (κ3) is 5.19. The second-order valence-electron chi connectivity index (χ2n) is 3.14. The minimum absolute atomic E-state index is 0.347. The molecule has 0 amide bonds. The van der Waals surface area contributed by atoms with Crippen LogP contribution < -0.4 is 0 Å². The summed E-state index contributed by atoms with van der Waals surface area (Å²) in [6.45, 7) is 6.67. The first-order valence-corrected chi connectivity index (χ1v) is 5.11. The van der Waals surface area contributed by atoms with Crippen molar-refractivity contribution < 1.29 is 19.4 Å². The predicted molar refractivity (Wildman–Crippen MR) is 53.1 cm³/mol. The van der Waals surface area contributed by atoms with Crippen molar-refractivity contribution in [2.75, 3.05) is 13.2 Å². The molecule has 1 N–H and O–H groups in total. The van der Waals surface area contributed by atoms with E-state index < -0.39 is 12.3 Å². The maximum absolute atomic E-state index is 10.6. The quantitative estimate of drug-likeness (QED) is 0.613. The zero-order valence-electron chi connectivity index (χ0n) is 9.16. The van der Waals surface area contributed by atoms with Gasteiger partial charge in [0.2, 0.25) is 0 Å². The lowest BCUT2D eigenvalue weighted by Crippen LogP contribution is -2.29. The molecule has 0 saturated carbocycles. The molecule has 0 fully saturated rings. The summed E-state index contributed by atoms with van der Waals surface area (Å²) >= 11 is 0. The Kier molecular flexibility index (Phi) is 7.42. The number of hydrogen-bond donors (Lipinski definition) is 1. The van der Waals surface area contributed by atoms with Gasteiger partial charge in [0.25, 0.3) is 6.29 Å². The zero-order chi connectivity index (χ0) is 11.0. The monoisotopic (exact) mass is 204 g/mol. The van der Waals surface area contributed by atoms with Crippen LogP contribution in [0.5, 0.6) is 0 Å². The molecule has 1 unspecified atom stereocenters. The molecule has 0 rings (SSSR count). The molecule has 0 aliphatic carbocycles. The summed E-state index contributed by atoms with van der Waals surface area (Å²) in [6, 6.07) is 0. The maximum Gasteiger partial charge on any atom is 0.361 e. The van der Waals surface area contributed by atoms with Gasteiger partial charge in [0.15, 0.2) is 0 Å². The Morgan fingerprint density at radius 1 is 1.21 bits per heavy atom. The van der Waals surface area contributed by atoms with Gasteiger partial charge in [0.1, 0.15) is 0 Å². The minimum atomic E-state index is -1.11. The van der Waals surface area contributed by atoms with Crippen molar-refractivity contribution in [1.82, 2.24) is 0 Å². The van der Waals surface area contributed by atoms with Gasteiger partial charge in [-0.25, -0.2) is 4.79 Å². The lowest BCUT2D eigenvalue weighted by atomic mass is 10.1.